The zero-order valence-electron chi connectivity index (χ0n) is 20.2. The first-order valence-electron chi connectivity index (χ1n) is 12.1. The number of benzene rings is 4. The second-order valence-corrected chi connectivity index (χ2v) is 8.97. The van der Waals surface area contributed by atoms with Crippen LogP contribution in [-0.4, -0.2) is 21.1 Å². The molecule has 0 atom stereocenters. The average Bonchev–Trinajstić information content (AvgIpc) is 3.57. The van der Waals surface area contributed by atoms with Gasteiger partial charge in [-0.3, -0.25) is 9.89 Å². The van der Waals surface area contributed by atoms with E-state index in [1.165, 1.54) is 0 Å². The number of carbonyl (C=O) groups excluding carboxylic acids is 1. The third-order valence-corrected chi connectivity index (χ3v) is 6.36. The molecule has 2 aromatic heterocycles. The largest absolute Gasteiger partial charge is 0.436 e. The van der Waals surface area contributed by atoms with E-state index in [9.17, 15) is 4.79 Å². The van der Waals surface area contributed by atoms with E-state index in [2.05, 4.69) is 20.5 Å². The molecule has 1 amide bonds. The number of amides is 1. The highest BCUT2D eigenvalue weighted by atomic mass is 16.3. The van der Waals surface area contributed by atoms with Gasteiger partial charge in [0.25, 0.3) is 0 Å². The van der Waals surface area contributed by atoms with Crippen LogP contribution in [0.4, 0.5) is 5.69 Å². The summed E-state index contributed by atoms with van der Waals surface area (Å²) in [6.07, 6.45) is 1.71. The molecule has 0 saturated carbocycles. The van der Waals surface area contributed by atoms with Crippen LogP contribution in [0.2, 0.25) is 0 Å². The molecule has 6 heteroatoms. The number of H-pyrrole nitrogens is 1. The first kappa shape index (κ1) is 22.5. The zero-order chi connectivity index (χ0) is 25.2. The van der Waals surface area contributed by atoms with Crippen molar-refractivity contribution in [2.45, 2.75) is 12.8 Å². The van der Waals surface area contributed by atoms with Crippen molar-refractivity contribution in [3.05, 3.63) is 126 Å². The Kier molecular flexibility index (Phi) is 5.83. The molecule has 0 bridgehead atoms. The number of aromatic amines is 1. The Morgan fingerprint density at radius 3 is 2.32 bits per heavy atom. The van der Waals surface area contributed by atoms with Crippen LogP contribution in [-0.2, 0) is 4.79 Å². The van der Waals surface area contributed by atoms with Crippen LogP contribution in [0.15, 0.2) is 114 Å². The van der Waals surface area contributed by atoms with Crippen molar-refractivity contribution >= 4 is 22.7 Å². The summed E-state index contributed by atoms with van der Waals surface area (Å²) < 4.78 is 6.01. The molecular weight excluding hydrogens is 460 g/mol. The maximum atomic E-state index is 13.6. The van der Waals surface area contributed by atoms with Gasteiger partial charge in [-0.05, 0) is 47.9 Å². The number of rotatable bonds is 6. The number of nitrogens with one attached hydrogen (secondary N) is 2. The molecular formula is C31H24N4O2. The monoisotopic (exact) mass is 484 g/mol. The van der Waals surface area contributed by atoms with Gasteiger partial charge in [-0.15, -0.1) is 0 Å². The van der Waals surface area contributed by atoms with Gasteiger partial charge in [0.15, 0.2) is 5.58 Å². The number of hydrogen-bond donors (Lipinski definition) is 2. The Bertz CT molecular complexity index is 1650. The molecule has 4 aromatic carbocycles. The van der Waals surface area contributed by atoms with Gasteiger partial charge in [-0.25, -0.2) is 4.98 Å². The van der Waals surface area contributed by atoms with E-state index in [1.807, 2.05) is 110 Å². The smallest absolute Gasteiger partial charge is 0.236 e. The van der Waals surface area contributed by atoms with E-state index in [0.717, 1.165) is 44.6 Å². The van der Waals surface area contributed by atoms with Crippen LogP contribution in [0.25, 0.3) is 33.8 Å². The van der Waals surface area contributed by atoms with Crippen LogP contribution in [0.5, 0.6) is 0 Å². The molecule has 6 aromatic rings. The summed E-state index contributed by atoms with van der Waals surface area (Å²) in [5, 5.41) is 10.4. The van der Waals surface area contributed by atoms with E-state index >= 15 is 0 Å². The van der Waals surface area contributed by atoms with Crippen molar-refractivity contribution in [2.24, 2.45) is 0 Å². The average molecular weight is 485 g/mol. The van der Waals surface area contributed by atoms with E-state index in [0.29, 0.717) is 11.6 Å². The lowest BCUT2D eigenvalue weighted by Crippen LogP contribution is -2.22. The number of hydrogen-bond acceptors (Lipinski definition) is 4. The normalized spacial score (nSPS) is 11.2. The summed E-state index contributed by atoms with van der Waals surface area (Å²) in [6.45, 7) is 2.02. The van der Waals surface area contributed by atoms with Crippen molar-refractivity contribution in [3.63, 3.8) is 0 Å². The number of nitrogens with zero attached hydrogens (tertiary/aromatic N) is 2. The Hall–Kier alpha value is -4.97. The Balaban J connectivity index is 1.31. The van der Waals surface area contributed by atoms with Gasteiger partial charge in [0.1, 0.15) is 5.52 Å². The third-order valence-electron chi connectivity index (χ3n) is 6.36. The number of anilines is 1. The van der Waals surface area contributed by atoms with Crippen molar-refractivity contribution in [1.82, 2.24) is 15.2 Å². The molecule has 0 fully saturated rings. The lowest BCUT2D eigenvalue weighted by molar-refractivity contribution is -0.116. The fourth-order valence-electron chi connectivity index (χ4n) is 4.57. The topological polar surface area (TPSA) is 83.8 Å². The highest BCUT2D eigenvalue weighted by molar-refractivity contribution is 5.98. The predicted octanol–water partition coefficient (Wildman–Crippen LogP) is 6.96. The number of oxazole rings is 1. The molecule has 37 heavy (non-hydrogen) atoms. The number of aromatic nitrogens is 3. The van der Waals surface area contributed by atoms with Crippen LogP contribution in [0.3, 0.4) is 0 Å². The van der Waals surface area contributed by atoms with E-state index in [1.54, 1.807) is 6.20 Å². The Morgan fingerprint density at radius 1 is 0.865 bits per heavy atom. The van der Waals surface area contributed by atoms with E-state index in [4.69, 9.17) is 4.42 Å². The van der Waals surface area contributed by atoms with Gasteiger partial charge >= 0.3 is 0 Å². The standard InChI is InChI=1S/C31H24N4O2/c1-20-15-16-27-26(17-20)34-31(37-27)25-19-32-35-29(25)23-13-8-14-24(18-23)33-30(36)28(21-9-4-2-5-10-21)22-11-6-3-7-12-22/h2-19,28H,1H3,(H,32,35)(H,33,36). The molecule has 2 heterocycles. The summed E-state index contributed by atoms with van der Waals surface area (Å²) in [4.78, 5) is 18.2. The molecule has 0 aliphatic rings. The molecule has 0 aliphatic carbocycles. The molecule has 6 nitrogen and oxygen atoms in total. The van der Waals surface area contributed by atoms with Gasteiger partial charge in [-0.2, -0.15) is 5.10 Å². The van der Waals surface area contributed by atoms with E-state index < -0.39 is 5.92 Å². The predicted molar refractivity (Wildman–Crippen MR) is 145 cm³/mol. The number of fused-ring (bicyclic) bond motifs is 1. The zero-order valence-corrected chi connectivity index (χ0v) is 20.2. The molecule has 0 spiro atoms. The fraction of sp³-hybridized carbons (Fsp3) is 0.0645. The summed E-state index contributed by atoms with van der Waals surface area (Å²) in [5.74, 6) is -0.0438. The van der Waals surface area contributed by atoms with Gasteiger partial charge in [-0.1, -0.05) is 78.9 Å². The van der Waals surface area contributed by atoms with Crippen LogP contribution >= 0.6 is 0 Å². The number of carbonyl (C=O) groups is 1. The first-order valence-corrected chi connectivity index (χ1v) is 12.1. The maximum absolute atomic E-state index is 13.6. The fourth-order valence-corrected chi connectivity index (χ4v) is 4.57. The van der Waals surface area contributed by atoms with Crippen LogP contribution < -0.4 is 5.32 Å². The van der Waals surface area contributed by atoms with Gasteiger partial charge in [0.2, 0.25) is 11.8 Å². The molecule has 0 saturated heterocycles. The van der Waals surface area contributed by atoms with Crippen molar-refractivity contribution in [3.8, 4) is 22.7 Å². The molecule has 2 N–H and O–H groups in total. The van der Waals surface area contributed by atoms with Crippen LogP contribution in [0, 0.1) is 6.92 Å². The lowest BCUT2D eigenvalue weighted by Gasteiger charge is -2.18. The molecule has 0 aliphatic heterocycles. The first-order chi connectivity index (χ1) is 18.2. The van der Waals surface area contributed by atoms with Gasteiger partial charge in [0, 0.05) is 11.3 Å². The Labute approximate surface area is 214 Å². The van der Waals surface area contributed by atoms with Crippen molar-refractivity contribution in [2.75, 3.05) is 5.32 Å². The number of aryl methyl sites for hydroxylation is 1. The molecule has 0 unspecified atom stereocenters. The van der Waals surface area contributed by atoms with Gasteiger partial charge < -0.3 is 9.73 Å². The minimum Gasteiger partial charge on any atom is -0.436 e. The summed E-state index contributed by atoms with van der Waals surface area (Å²) in [5.41, 5.74) is 7.58. The third kappa shape index (κ3) is 4.52. The molecule has 6 rings (SSSR count). The van der Waals surface area contributed by atoms with E-state index in [-0.39, 0.29) is 5.91 Å². The van der Waals surface area contributed by atoms with Crippen molar-refractivity contribution < 1.29 is 9.21 Å². The maximum Gasteiger partial charge on any atom is 0.236 e. The Morgan fingerprint density at radius 2 is 1.59 bits per heavy atom. The van der Waals surface area contributed by atoms with Crippen molar-refractivity contribution in [1.29, 1.82) is 0 Å². The second kappa shape index (κ2) is 9.59. The SMILES string of the molecule is Cc1ccc2oc(-c3cn[nH]c3-c3cccc(NC(=O)C(c4ccccc4)c4ccccc4)c3)nc2c1. The summed E-state index contributed by atoms with van der Waals surface area (Å²) >= 11 is 0. The minimum absolute atomic E-state index is 0.103. The summed E-state index contributed by atoms with van der Waals surface area (Å²) in [6, 6.07) is 33.2. The highest BCUT2D eigenvalue weighted by Gasteiger charge is 2.23. The quantitative estimate of drug-likeness (QED) is 0.268. The summed E-state index contributed by atoms with van der Waals surface area (Å²) in [7, 11) is 0. The minimum atomic E-state index is -0.433. The second-order valence-electron chi connectivity index (χ2n) is 8.97. The van der Waals surface area contributed by atoms with Crippen LogP contribution in [0.1, 0.15) is 22.6 Å². The molecule has 180 valence electrons. The lowest BCUT2D eigenvalue weighted by atomic mass is 9.90. The van der Waals surface area contributed by atoms with Gasteiger partial charge in [0.05, 0.1) is 23.4 Å². The highest BCUT2D eigenvalue weighted by Crippen LogP contribution is 2.33. The molecule has 0 radical (unpaired) electrons.